The predicted octanol–water partition coefficient (Wildman–Crippen LogP) is 5.73. The molecule has 0 saturated heterocycles. The molecule has 0 bridgehead atoms. The Bertz CT molecular complexity index is 2380. The lowest BCUT2D eigenvalue weighted by atomic mass is 9.94. The zero-order chi connectivity index (χ0) is 37.4. The Labute approximate surface area is 297 Å². The number of carbonyl (C=O) groups is 3. The van der Waals surface area contributed by atoms with E-state index in [2.05, 4.69) is 31.7 Å². The van der Waals surface area contributed by atoms with Crippen molar-refractivity contribution in [2.45, 2.75) is 13.8 Å². The molecule has 2 aliphatic rings. The van der Waals surface area contributed by atoms with Crippen LogP contribution in [0.5, 0.6) is 0 Å². The Balaban J connectivity index is 1.23. The number of Topliss-reactive ketones (excluding diaryl/α,β-unsaturated/α-hetero) is 2. The second kappa shape index (κ2) is 13.8. The third kappa shape index (κ3) is 7.42. The van der Waals surface area contributed by atoms with Gasteiger partial charge >= 0.3 is 6.03 Å². The normalized spacial score (nSPS) is 15.7. The van der Waals surface area contributed by atoms with Crippen LogP contribution in [0.15, 0.2) is 105 Å². The Morgan fingerprint density at radius 1 is 0.596 bits per heavy atom. The first kappa shape index (κ1) is 35.6. The molecule has 0 fully saturated rings. The van der Waals surface area contributed by atoms with E-state index < -0.39 is 59.1 Å². The number of anilines is 4. The minimum atomic E-state index is -4.91. The average Bonchev–Trinajstić information content (AvgIpc) is 3.07. The van der Waals surface area contributed by atoms with Crippen molar-refractivity contribution < 1.29 is 40.3 Å². The molecule has 0 unspecified atom stereocenters. The number of allylic oxidation sites excluding steroid dienone is 2. The van der Waals surface area contributed by atoms with E-state index >= 15 is 0 Å². The van der Waals surface area contributed by atoms with Gasteiger partial charge in [0.15, 0.2) is 11.4 Å². The van der Waals surface area contributed by atoms with Crippen molar-refractivity contribution in [3.63, 3.8) is 0 Å². The molecule has 0 saturated carbocycles. The second-order valence-electron chi connectivity index (χ2n) is 11.6. The molecular formula is C35H28N6O9S2. The lowest BCUT2D eigenvalue weighted by molar-refractivity contribution is 0.105. The molecule has 0 radical (unpaired) electrons. The predicted molar refractivity (Wildman–Crippen MR) is 198 cm³/mol. The van der Waals surface area contributed by atoms with Gasteiger partial charge in [-0.15, -0.1) is 0 Å². The molecule has 2 amide bonds. The van der Waals surface area contributed by atoms with Crippen LogP contribution in [0.4, 0.5) is 27.5 Å². The van der Waals surface area contributed by atoms with E-state index in [9.17, 15) is 40.3 Å². The van der Waals surface area contributed by atoms with Crippen LogP contribution in [0.1, 0.15) is 43.0 Å². The summed E-state index contributed by atoms with van der Waals surface area (Å²) in [6.45, 7) is 3.57. The average molecular weight is 741 g/mol. The van der Waals surface area contributed by atoms with E-state index in [1.807, 2.05) is 0 Å². The molecule has 0 aromatic heterocycles. The Morgan fingerprint density at radius 2 is 0.981 bits per heavy atom. The Morgan fingerprint density at radius 3 is 1.35 bits per heavy atom. The summed E-state index contributed by atoms with van der Waals surface area (Å²) >= 11 is 0. The molecule has 4 aromatic carbocycles. The van der Waals surface area contributed by atoms with Gasteiger partial charge in [-0.2, -0.15) is 27.0 Å². The van der Waals surface area contributed by atoms with E-state index in [4.69, 9.17) is 0 Å². The number of urea groups is 1. The highest BCUT2D eigenvalue weighted by atomic mass is 32.2. The number of amides is 2. The molecular weight excluding hydrogens is 713 g/mol. The molecule has 0 aliphatic heterocycles. The molecule has 4 aromatic rings. The van der Waals surface area contributed by atoms with Gasteiger partial charge in [0.05, 0.1) is 11.4 Å². The molecule has 15 nitrogen and oxygen atoms in total. The van der Waals surface area contributed by atoms with Crippen molar-refractivity contribution in [2.75, 3.05) is 21.5 Å². The SMILES string of the molecule is Cc1ccccc1N/N=C1\C(=O)c2ccc(NC(=O)Nc3ccc4c(c3)C=C(S(=O)(=O)O)/C(=N/Nc3ccccc3C)C4=O)cc2C=C1S(=O)(=O)O. The van der Waals surface area contributed by atoms with Gasteiger partial charge in [0.25, 0.3) is 20.2 Å². The second-order valence-corrected chi connectivity index (χ2v) is 14.4. The fourth-order valence-corrected chi connectivity index (χ4v) is 6.68. The number of nitrogens with zero attached hydrogens (tertiary/aromatic N) is 2. The van der Waals surface area contributed by atoms with Crippen LogP contribution in [0.25, 0.3) is 12.2 Å². The van der Waals surface area contributed by atoms with Gasteiger partial charge < -0.3 is 10.6 Å². The van der Waals surface area contributed by atoms with E-state index in [0.717, 1.165) is 23.3 Å². The monoisotopic (exact) mass is 740 g/mol. The Kier molecular flexibility index (Phi) is 9.44. The lowest BCUT2D eigenvalue weighted by Crippen LogP contribution is -2.27. The fraction of sp³-hybridized carbons (Fsp3) is 0.0571. The fourth-order valence-electron chi connectivity index (χ4n) is 5.36. The largest absolute Gasteiger partial charge is 0.323 e. The van der Waals surface area contributed by atoms with Gasteiger partial charge in [-0.3, -0.25) is 29.5 Å². The smallest absolute Gasteiger partial charge is 0.308 e. The minimum absolute atomic E-state index is 0.0569. The number of aryl methyl sites for hydroxylation is 2. The third-order valence-electron chi connectivity index (χ3n) is 8.00. The summed E-state index contributed by atoms with van der Waals surface area (Å²) in [5.41, 5.74) is 7.38. The van der Waals surface area contributed by atoms with Gasteiger partial charge in [-0.1, -0.05) is 36.4 Å². The summed E-state index contributed by atoms with van der Waals surface area (Å²) in [5.74, 6) is -1.58. The molecule has 17 heteroatoms. The molecule has 264 valence electrons. The van der Waals surface area contributed by atoms with Crippen LogP contribution in [-0.2, 0) is 20.2 Å². The van der Waals surface area contributed by atoms with Gasteiger partial charge in [-0.05, 0) is 96.8 Å². The number of rotatable bonds is 8. The summed E-state index contributed by atoms with van der Waals surface area (Å²) in [5, 5.41) is 13.1. The van der Waals surface area contributed by atoms with Gasteiger partial charge in [0, 0.05) is 22.5 Å². The molecule has 0 heterocycles. The van der Waals surface area contributed by atoms with Gasteiger partial charge in [-0.25, -0.2) is 4.79 Å². The molecule has 0 atom stereocenters. The number of benzene rings is 4. The van der Waals surface area contributed by atoms with Crippen LogP contribution < -0.4 is 21.5 Å². The standard InChI is InChI=1S/C35H28N6O9S2/c1-19-7-3-5-9-27(19)38-40-31-29(51(45,46)47)17-21-15-23(11-13-25(21)33(31)42)36-35(44)37-24-12-14-26-22(16-24)18-30(52(48,49)50)32(34(26)43)41-39-28-10-6-4-8-20(28)2/h3-18,38-39H,1-2H3,(H2,36,37,44)(H,45,46,47)(H,48,49,50)/b40-31-,41-32-. The van der Waals surface area contributed by atoms with Crippen molar-refractivity contribution in [1.82, 2.24) is 0 Å². The number of hydrazone groups is 2. The molecule has 0 spiro atoms. The summed E-state index contributed by atoms with van der Waals surface area (Å²) in [7, 11) is -9.82. The maximum Gasteiger partial charge on any atom is 0.323 e. The highest BCUT2D eigenvalue weighted by Crippen LogP contribution is 2.30. The number of hydrogen-bond donors (Lipinski definition) is 6. The molecule has 52 heavy (non-hydrogen) atoms. The number of nitrogens with one attached hydrogen (secondary N) is 4. The maximum absolute atomic E-state index is 13.3. The summed E-state index contributed by atoms with van der Waals surface area (Å²) in [4.78, 5) is 38.2. The summed E-state index contributed by atoms with van der Waals surface area (Å²) in [6, 6.07) is 21.3. The third-order valence-corrected chi connectivity index (χ3v) is 9.73. The van der Waals surface area contributed by atoms with Crippen molar-refractivity contribution in [1.29, 1.82) is 0 Å². The maximum atomic E-state index is 13.3. The van der Waals surface area contributed by atoms with E-state index in [1.54, 1.807) is 62.4 Å². The highest BCUT2D eigenvalue weighted by Gasteiger charge is 2.34. The van der Waals surface area contributed by atoms with Crippen molar-refractivity contribution in [3.8, 4) is 0 Å². The zero-order valence-corrected chi connectivity index (χ0v) is 28.8. The van der Waals surface area contributed by atoms with E-state index in [1.165, 1.54) is 36.4 Å². The van der Waals surface area contributed by atoms with E-state index in [-0.39, 0.29) is 33.6 Å². The van der Waals surface area contributed by atoms with Crippen LogP contribution in [0.2, 0.25) is 0 Å². The number of ketones is 2. The number of para-hydroxylation sites is 2. The first-order chi connectivity index (χ1) is 24.6. The molecule has 2 aliphatic carbocycles. The van der Waals surface area contributed by atoms with E-state index in [0.29, 0.717) is 11.4 Å². The highest BCUT2D eigenvalue weighted by molar-refractivity contribution is 7.91. The molecule has 6 N–H and O–H groups in total. The van der Waals surface area contributed by atoms with Crippen LogP contribution in [-0.4, -0.2) is 55.0 Å². The minimum Gasteiger partial charge on any atom is -0.308 e. The topological polar surface area (TPSA) is 233 Å². The summed E-state index contributed by atoms with van der Waals surface area (Å²) < 4.78 is 69.0. The number of hydrogen-bond acceptors (Lipinski definition) is 11. The van der Waals surface area contributed by atoms with Gasteiger partial charge in [0.2, 0.25) is 11.6 Å². The zero-order valence-electron chi connectivity index (χ0n) is 27.2. The van der Waals surface area contributed by atoms with Crippen LogP contribution in [0.3, 0.4) is 0 Å². The molecule has 6 rings (SSSR count). The van der Waals surface area contributed by atoms with Crippen molar-refractivity contribution >= 4 is 84.2 Å². The Hall–Kier alpha value is -6.27. The first-order valence-corrected chi connectivity index (χ1v) is 18.1. The van der Waals surface area contributed by atoms with Crippen molar-refractivity contribution in [2.24, 2.45) is 10.2 Å². The van der Waals surface area contributed by atoms with Crippen LogP contribution in [0, 0.1) is 13.8 Å². The number of carbonyl (C=O) groups excluding carboxylic acids is 3. The van der Waals surface area contributed by atoms with Crippen molar-refractivity contribution in [3.05, 3.63) is 128 Å². The number of fused-ring (bicyclic) bond motifs is 2. The quantitative estimate of drug-likeness (QED) is 0.0942. The van der Waals surface area contributed by atoms with Gasteiger partial charge in [0.1, 0.15) is 9.81 Å². The van der Waals surface area contributed by atoms with Crippen LogP contribution >= 0.6 is 0 Å². The first-order valence-electron chi connectivity index (χ1n) is 15.2. The summed E-state index contributed by atoms with van der Waals surface area (Å²) in [6.07, 6.45) is 2.11. The lowest BCUT2D eigenvalue weighted by Gasteiger charge is -2.18.